The van der Waals surface area contributed by atoms with Crippen LogP contribution in [0.1, 0.15) is 56.1 Å². The van der Waals surface area contributed by atoms with Crippen molar-refractivity contribution in [2.75, 3.05) is 13.1 Å². The summed E-state index contributed by atoms with van der Waals surface area (Å²) in [5.74, 6) is -0.0148. The Morgan fingerprint density at radius 1 is 1.16 bits per heavy atom. The molecule has 0 bridgehead atoms. The molecule has 1 N–H and O–H groups in total. The van der Waals surface area contributed by atoms with Gasteiger partial charge in [-0.05, 0) is 38.2 Å². The van der Waals surface area contributed by atoms with Crippen LogP contribution in [0.3, 0.4) is 0 Å². The van der Waals surface area contributed by atoms with Gasteiger partial charge in [0.05, 0.1) is 5.54 Å². The molecule has 3 fully saturated rings. The second kappa shape index (κ2) is 6.73. The predicted octanol–water partition coefficient (Wildman–Crippen LogP) is 2.87. The molecule has 1 amide bonds. The van der Waals surface area contributed by atoms with E-state index in [0.29, 0.717) is 6.04 Å². The lowest BCUT2D eigenvalue weighted by Gasteiger charge is -2.61. The van der Waals surface area contributed by atoms with E-state index in [4.69, 9.17) is 0 Å². The molecule has 1 atom stereocenters. The van der Waals surface area contributed by atoms with Crippen molar-refractivity contribution in [3.63, 3.8) is 0 Å². The van der Waals surface area contributed by atoms with Gasteiger partial charge in [0.15, 0.2) is 6.10 Å². The predicted molar refractivity (Wildman–Crippen MR) is 98.1 cm³/mol. The normalized spacial score (nSPS) is 27.5. The molecule has 0 radical (unpaired) electrons. The number of hydrogen-bond donors (Lipinski definition) is 1. The monoisotopic (exact) mass is 342 g/mol. The summed E-state index contributed by atoms with van der Waals surface area (Å²) in [6.07, 6.45) is 6.84. The number of rotatable bonds is 3. The zero-order chi connectivity index (χ0) is 17.4. The molecule has 1 aliphatic carbocycles. The number of nitrogens with zero attached hydrogens (tertiary/aromatic N) is 2. The molecule has 4 rings (SSSR count). The highest BCUT2D eigenvalue weighted by molar-refractivity contribution is 5.90. The summed E-state index contributed by atoms with van der Waals surface area (Å²) in [7, 11) is 0. The number of aliphatic hydroxyl groups excluding tert-OH is 1. The smallest absolute Gasteiger partial charge is 0.254 e. The van der Waals surface area contributed by atoms with E-state index in [9.17, 15) is 9.90 Å². The van der Waals surface area contributed by atoms with E-state index < -0.39 is 6.10 Å². The summed E-state index contributed by atoms with van der Waals surface area (Å²) in [5.41, 5.74) is 2.46. The highest BCUT2D eigenvalue weighted by Crippen LogP contribution is 2.46. The molecule has 1 unspecified atom stereocenters. The molecule has 0 aromatic heterocycles. The van der Waals surface area contributed by atoms with Crippen LogP contribution in [0.15, 0.2) is 24.3 Å². The van der Waals surface area contributed by atoms with Gasteiger partial charge < -0.3 is 10.0 Å². The maximum atomic E-state index is 12.4. The molecular formula is C21H30N2O2. The lowest BCUT2D eigenvalue weighted by atomic mass is 9.68. The number of aryl methyl sites for hydroxylation is 1. The van der Waals surface area contributed by atoms with Crippen molar-refractivity contribution in [1.82, 2.24) is 9.80 Å². The highest BCUT2D eigenvalue weighted by atomic mass is 16.3. The van der Waals surface area contributed by atoms with Crippen molar-refractivity contribution >= 4 is 5.91 Å². The van der Waals surface area contributed by atoms with Crippen LogP contribution in [0, 0.1) is 6.92 Å². The van der Waals surface area contributed by atoms with Gasteiger partial charge in [-0.1, -0.05) is 49.1 Å². The number of piperidine rings is 1. The van der Waals surface area contributed by atoms with Crippen LogP contribution in [0.25, 0.3) is 0 Å². The third-order valence-electron chi connectivity index (χ3n) is 6.59. The fraction of sp³-hybridized carbons (Fsp3) is 0.667. The third kappa shape index (κ3) is 3.00. The zero-order valence-corrected chi connectivity index (χ0v) is 15.3. The second-order valence-electron chi connectivity index (χ2n) is 8.27. The molecule has 2 saturated heterocycles. The van der Waals surface area contributed by atoms with Gasteiger partial charge in [0.2, 0.25) is 0 Å². The van der Waals surface area contributed by atoms with Crippen LogP contribution in [0.4, 0.5) is 0 Å². The topological polar surface area (TPSA) is 43.8 Å². The lowest BCUT2D eigenvalue weighted by Crippen LogP contribution is -2.77. The first-order valence-corrected chi connectivity index (χ1v) is 9.89. The number of likely N-dealkylation sites (tertiary alicyclic amines) is 2. The number of carbonyl (C=O) groups excluding carboxylic acids is 1. The Kier molecular flexibility index (Phi) is 4.59. The van der Waals surface area contributed by atoms with E-state index >= 15 is 0 Å². The number of hydrogen-bond acceptors (Lipinski definition) is 3. The summed E-state index contributed by atoms with van der Waals surface area (Å²) < 4.78 is 0. The van der Waals surface area contributed by atoms with E-state index in [2.05, 4.69) is 41.0 Å². The van der Waals surface area contributed by atoms with E-state index in [1.807, 2.05) is 0 Å². The maximum Gasteiger partial charge on any atom is 0.254 e. The number of benzene rings is 1. The van der Waals surface area contributed by atoms with Gasteiger partial charge in [-0.3, -0.25) is 9.69 Å². The number of carbonyl (C=O) groups is 1. The van der Waals surface area contributed by atoms with Gasteiger partial charge in [0, 0.05) is 25.7 Å². The molecule has 2 heterocycles. The van der Waals surface area contributed by atoms with Crippen molar-refractivity contribution in [2.24, 2.45) is 0 Å². The summed E-state index contributed by atoms with van der Waals surface area (Å²) in [4.78, 5) is 17.0. The SMILES string of the molecule is Cc1cccc(CN2CCC(N3C(=O)C(O)C34CCCCC4)CC2)c1. The molecule has 4 nitrogen and oxygen atoms in total. The van der Waals surface area contributed by atoms with Gasteiger partial charge in [-0.15, -0.1) is 0 Å². The number of β-lactam (4-membered cyclic amide) rings is 1. The van der Waals surface area contributed by atoms with Gasteiger partial charge in [-0.25, -0.2) is 0 Å². The van der Waals surface area contributed by atoms with E-state index in [1.54, 1.807) is 0 Å². The van der Waals surface area contributed by atoms with E-state index in [1.165, 1.54) is 17.5 Å². The first-order chi connectivity index (χ1) is 12.1. The number of amides is 1. The lowest BCUT2D eigenvalue weighted by molar-refractivity contribution is -0.201. The van der Waals surface area contributed by atoms with Crippen LogP contribution >= 0.6 is 0 Å². The van der Waals surface area contributed by atoms with Crippen molar-refractivity contribution in [3.05, 3.63) is 35.4 Å². The number of aliphatic hydroxyl groups is 1. The van der Waals surface area contributed by atoms with Crippen LogP contribution in [-0.4, -0.2) is 51.6 Å². The summed E-state index contributed by atoms with van der Waals surface area (Å²) in [6.45, 7) is 5.21. The molecule has 3 aliphatic rings. The molecule has 136 valence electrons. The van der Waals surface area contributed by atoms with Crippen molar-refractivity contribution < 1.29 is 9.90 Å². The summed E-state index contributed by atoms with van der Waals surface area (Å²) in [6, 6.07) is 9.05. The van der Waals surface area contributed by atoms with Crippen LogP contribution in [0.2, 0.25) is 0 Å². The summed E-state index contributed by atoms with van der Waals surface area (Å²) >= 11 is 0. The van der Waals surface area contributed by atoms with Gasteiger partial charge in [-0.2, -0.15) is 0 Å². The molecule has 1 saturated carbocycles. The minimum absolute atomic E-state index is 0.0148. The third-order valence-corrected chi connectivity index (χ3v) is 6.59. The Morgan fingerprint density at radius 3 is 2.56 bits per heavy atom. The van der Waals surface area contributed by atoms with Crippen LogP contribution < -0.4 is 0 Å². The minimum Gasteiger partial charge on any atom is -0.381 e. The van der Waals surface area contributed by atoms with E-state index in [-0.39, 0.29) is 11.4 Å². The molecule has 2 aliphatic heterocycles. The zero-order valence-electron chi connectivity index (χ0n) is 15.3. The summed E-state index contributed by atoms with van der Waals surface area (Å²) in [5, 5.41) is 10.4. The van der Waals surface area contributed by atoms with E-state index in [0.717, 1.165) is 58.2 Å². The molecule has 1 aromatic carbocycles. The van der Waals surface area contributed by atoms with Gasteiger partial charge in [0.25, 0.3) is 5.91 Å². The Morgan fingerprint density at radius 2 is 1.88 bits per heavy atom. The van der Waals surface area contributed by atoms with Crippen LogP contribution in [-0.2, 0) is 11.3 Å². The largest absolute Gasteiger partial charge is 0.381 e. The van der Waals surface area contributed by atoms with Crippen molar-refractivity contribution in [1.29, 1.82) is 0 Å². The molecule has 1 spiro atoms. The minimum atomic E-state index is -0.738. The average molecular weight is 342 g/mol. The molecular weight excluding hydrogens is 312 g/mol. The quantitative estimate of drug-likeness (QED) is 0.859. The van der Waals surface area contributed by atoms with Crippen LogP contribution in [0.5, 0.6) is 0 Å². The van der Waals surface area contributed by atoms with Crippen molar-refractivity contribution in [2.45, 2.75) is 76.1 Å². The first kappa shape index (κ1) is 17.0. The first-order valence-electron chi connectivity index (χ1n) is 9.89. The second-order valence-corrected chi connectivity index (χ2v) is 8.27. The Balaban J connectivity index is 1.37. The molecule has 25 heavy (non-hydrogen) atoms. The van der Waals surface area contributed by atoms with Gasteiger partial charge >= 0.3 is 0 Å². The van der Waals surface area contributed by atoms with Gasteiger partial charge in [0.1, 0.15) is 0 Å². The average Bonchev–Trinajstić information content (AvgIpc) is 2.64. The molecule has 1 aromatic rings. The fourth-order valence-corrected chi connectivity index (χ4v) is 5.27. The Bertz CT molecular complexity index is 631. The highest BCUT2D eigenvalue weighted by Gasteiger charge is 2.61. The van der Waals surface area contributed by atoms with Crippen molar-refractivity contribution in [3.8, 4) is 0 Å². The molecule has 4 heteroatoms. The Labute approximate surface area is 150 Å². The Hall–Kier alpha value is -1.39. The fourth-order valence-electron chi connectivity index (χ4n) is 5.27. The maximum absolute atomic E-state index is 12.4. The standard InChI is InChI=1S/C21H30N2O2/c1-16-6-5-7-17(14-16)15-22-12-8-18(9-13-22)23-20(25)19(24)21(23)10-3-2-4-11-21/h5-7,14,18-19,24H,2-4,8-13,15H2,1H3.